The number of hydrogen-bond acceptors (Lipinski definition) is 4. The summed E-state index contributed by atoms with van der Waals surface area (Å²) in [5.41, 5.74) is 1.75. The van der Waals surface area contributed by atoms with Gasteiger partial charge in [-0.25, -0.2) is 0 Å². The molecule has 0 aliphatic carbocycles. The maximum atomic E-state index is 12.6. The summed E-state index contributed by atoms with van der Waals surface area (Å²) >= 11 is 12.4. The van der Waals surface area contributed by atoms with Gasteiger partial charge in [-0.2, -0.15) is 0 Å². The highest BCUT2D eigenvalue weighted by Crippen LogP contribution is 2.31. The predicted octanol–water partition coefficient (Wildman–Crippen LogP) is 5.52. The van der Waals surface area contributed by atoms with Crippen molar-refractivity contribution in [3.63, 3.8) is 0 Å². The van der Waals surface area contributed by atoms with Crippen LogP contribution in [0.1, 0.15) is 18.4 Å². The van der Waals surface area contributed by atoms with Crippen LogP contribution >= 0.6 is 35.6 Å². The van der Waals surface area contributed by atoms with Crippen LogP contribution in [0.2, 0.25) is 5.02 Å². The number of anilines is 1. The first kappa shape index (κ1) is 21.3. The fourth-order valence-corrected chi connectivity index (χ4v) is 4.06. The van der Waals surface area contributed by atoms with E-state index in [1.54, 1.807) is 35.2 Å². The van der Waals surface area contributed by atoms with E-state index >= 15 is 0 Å². The number of thioether (sulfide) groups is 1. The Hall–Kier alpha value is -2.41. The highest BCUT2D eigenvalue weighted by Gasteiger charge is 2.31. The number of hydrogen-bond donors (Lipinski definition) is 1. The molecule has 0 atom stereocenters. The lowest BCUT2D eigenvalue weighted by molar-refractivity contribution is -0.122. The molecular formula is C22H19ClN2O2S2. The second-order valence-corrected chi connectivity index (χ2v) is 8.40. The van der Waals surface area contributed by atoms with Gasteiger partial charge in [-0.1, -0.05) is 78.1 Å². The minimum Gasteiger partial charge on any atom is -0.326 e. The topological polar surface area (TPSA) is 49.4 Å². The Morgan fingerprint density at radius 3 is 2.59 bits per heavy atom. The standard InChI is InChI=1S/C22H19ClN2O2S2/c23-17-11-13-18(14-12-17)24-20(26)10-5-15-25-21(27)19(29-22(25)28)9-4-8-16-6-2-1-3-7-16/h1-4,6-9,11-14H,5,10,15H2,(H,24,26). The number of halogens is 1. The van der Waals surface area contributed by atoms with Gasteiger partial charge in [-0.05, 0) is 42.3 Å². The van der Waals surface area contributed by atoms with E-state index in [1.165, 1.54) is 11.8 Å². The maximum absolute atomic E-state index is 12.6. The van der Waals surface area contributed by atoms with Crippen LogP contribution in [0.3, 0.4) is 0 Å². The highest BCUT2D eigenvalue weighted by molar-refractivity contribution is 8.26. The molecule has 1 heterocycles. The van der Waals surface area contributed by atoms with Crippen LogP contribution in [0.4, 0.5) is 5.69 Å². The molecular weight excluding hydrogens is 424 g/mol. The fraction of sp³-hybridized carbons (Fsp3) is 0.136. The molecule has 3 rings (SSSR count). The van der Waals surface area contributed by atoms with Crippen molar-refractivity contribution in [2.45, 2.75) is 12.8 Å². The third-order valence-corrected chi connectivity index (χ3v) is 5.77. The lowest BCUT2D eigenvalue weighted by atomic mass is 10.2. The minimum absolute atomic E-state index is 0.112. The molecule has 29 heavy (non-hydrogen) atoms. The molecule has 4 nitrogen and oxygen atoms in total. The molecule has 0 spiro atoms. The van der Waals surface area contributed by atoms with E-state index in [4.69, 9.17) is 23.8 Å². The largest absolute Gasteiger partial charge is 0.326 e. The van der Waals surface area contributed by atoms with E-state index in [9.17, 15) is 9.59 Å². The maximum Gasteiger partial charge on any atom is 0.266 e. The summed E-state index contributed by atoms with van der Waals surface area (Å²) in [6.07, 6.45) is 6.39. The molecule has 2 aromatic carbocycles. The normalized spacial score (nSPS) is 15.5. The van der Waals surface area contributed by atoms with Gasteiger partial charge >= 0.3 is 0 Å². The second-order valence-electron chi connectivity index (χ2n) is 6.28. The van der Waals surface area contributed by atoms with Gasteiger partial charge in [-0.3, -0.25) is 14.5 Å². The molecule has 0 radical (unpaired) electrons. The molecule has 0 unspecified atom stereocenters. The van der Waals surface area contributed by atoms with Crippen molar-refractivity contribution in [3.05, 3.63) is 82.2 Å². The summed E-state index contributed by atoms with van der Waals surface area (Å²) in [7, 11) is 0. The van der Waals surface area contributed by atoms with Crippen molar-refractivity contribution in [1.29, 1.82) is 0 Å². The van der Waals surface area contributed by atoms with Crippen LogP contribution in [-0.4, -0.2) is 27.6 Å². The minimum atomic E-state index is -0.115. The van der Waals surface area contributed by atoms with Crippen molar-refractivity contribution in [1.82, 2.24) is 4.90 Å². The van der Waals surface area contributed by atoms with Gasteiger partial charge in [0.25, 0.3) is 5.91 Å². The van der Waals surface area contributed by atoms with E-state index in [-0.39, 0.29) is 11.8 Å². The van der Waals surface area contributed by atoms with Crippen LogP contribution in [0.5, 0.6) is 0 Å². The number of benzene rings is 2. The number of rotatable bonds is 7. The van der Waals surface area contributed by atoms with Gasteiger partial charge in [0.1, 0.15) is 4.32 Å². The molecule has 2 amide bonds. The van der Waals surface area contributed by atoms with Crippen LogP contribution in [0.15, 0.2) is 71.7 Å². The monoisotopic (exact) mass is 442 g/mol. The van der Waals surface area contributed by atoms with Gasteiger partial charge in [0, 0.05) is 23.7 Å². The first-order valence-electron chi connectivity index (χ1n) is 9.05. The summed E-state index contributed by atoms with van der Waals surface area (Å²) in [6, 6.07) is 16.8. The zero-order chi connectivity index (χ0) is 20.6. The molecule has 1 N–H and O–H groups in total. The Bertz CT molecular complexity index is 957. The first-order valence-corrected chi connectivity index (χ1v) is 10.7. The molecule has 0 saturated carbocycles. The van der Waals surface area contributed by atoms with E-state index in [0.29, 0.717) is 39.3 Å². The first-order chi connectivity index (χ1) is 14.0. The van der Waals surface area contributed by atoms with E-state index in [0.717, 1.165) is 5.56 Å². The number of allylic oxidation sites excluding steroid dienone is 2. The van der Waals surface area contributed by atoms with E-state index in [2.05, 4.69) is 5.32 Å². The number of nitrogens with zero attached hydrogens (tertiary/aromatic N) is 1. The third kappa shape index (κ3) is 6.29. The summed E-state index contributed by atoms with van der Waals surface area (Å²) in [5.74, 6) is -0.227. The summed E-state index contributed by atoms with van der Waals surface area (Å²) in [6.45, 7) is 0.415. The van der Waals surface area contributed by atoms with Crippen molar-refractivity contribution in [2.75, 3.05) is 11.9 Å². The number of carbonyl (C=O) groups is 2. The molecule has 2 aromatic rings. The second kappa shape index (κ2) is 10.4. The molecule has 1 fully saturated rings. The van der Waals surface area contributed by atoms with E-state index < -0.39 is 0 Å². The number of nitrogens with one attached hydrogen (secondary N) is 1. The zero-order valence-electron chi connectivity index (χ0n) is 15.5. The number of thiocarbonyl (C=S) groups is 1. The van der Waals surface area contributed by atoms with Crippen LogP contribution in [0.25, 0.3) is 6.08 Å². The van der Waals surface area contributed by atoms with Crippen molar-refractivity contribution in [2.24, 2.45) is 0 Å². The summed E-state index contributed by atoms with van der Waals surface area (Å²) < 4.78 is 0.521. The smallest absolute Gasteiger partial charge is 0.266 e. The van der Waals surface area contributed by atoms with Crippen LogP contribution < -0.4 is 5.32 Å². The average Bonchev–Trinajstić information content (AvgIpc) is 2.98. The number of carbonyl (C=O) groups excluding carboxylic acids is 2. The summed E-state index contributed by atoms with van der Waals surface area (Å²) in [5, 5.41) is 3.42. The molecule has 1 aliphatic rings. The Morgan fingerprint density at radius 1 is 1.14 bits per heavy atom. The highest BCUT2D eigenvalue weighted by atomic mass is 35.5. The Labute approximate surface area is 184 Å². The Kier molecular flexibility index (Phi) is 7.63. The number of amides is 2. The Morgan fingerprint density at radius 2 is 1.86 bits per heavy atom. The lowest BCUT2D eigenvalue weighted by Gasteiger charge is -2.14. The Balaban J connectivity index is 1.48. The average molecular weight is 443 g/mol. The van der Waals surface area contributed by atoms with Crippen LogP contribution in [0, 0.1) is 0 Å². The van der Waals surface area contributed by atoms with Gasteiger partial charge in [0.05, 0.1) is 4.91 Å². The molecule has 1 saturated heterocycles. The molecule has 7 heteroatoms. The SMILES string of the molecule is O=C(CCCN1C(=O)C(=CC=Cc2ccccc2)SC1=S)Nc1ccc(Cl)cc1. The van der Waals surface area contributed by atoms with Crippen LogP contribution in [-0.2, 0) is 9.59 Å². The molecule has 1 aliphatic heterocycles. The molecule has 148 valence electrons. The quantitative estimate of drug-likeness (QED) is 0.453. The van der Waals surface area contributed by atoms with Gasteiger partial charge < -0.3 is 5.32 Å². The van der Waals surface area contributed by atoms with Crippen molar-refractivity contribution < 1.29 is 9.59 Å². The lowest BCUT2D eigenvalue weighted by Crippen LogP contribution is -2.29. The van der Waals surface area contributed by atoms with Gasteiger partial charge in [0.2, 0.25) is 5.91 Å². The van der Waals surface area contributed by atoms with Gasteiger partial charge in [-0.15, -0.1) is 0 Å². The van der Waals surface area contributed by atoms with E-state index in [1.807, 2.05) is 42.5 Å². The fourth-order valence-electron chi connectivity index (χ4n) is 2.67. The van der Waals surface area contributed by atoms with Gasteiger partial charge in [0.15, 0.2) is 0 Å². The third-order valence-electron chi connectivity index (χ3n) is 4.12. The van der Waals surface area contributed by atoms with Crippen molar-refractivity contribution >= 4 is 63.5 Å². The summed E-state index contributed by atoms with van der Waals surface area (Å²) in [4.78, 5) is 26.8. The predicted molar refractivity (Wildman–Crippen MR) is 125 cm³/mol. The zero-order valence-corrected chi connectivity index (χ0v) is 17.9. The molecule has 0 bridgehead atoms. The molecule has 0 aromatic heterocycles. The van der Waals surface area contributed by atoms with Crippen molar-refractivity contribution in [3.8, 4) is 0 Å².